The molecule has 1 aliphatic carbocycles. The number of hydrogen-bond acceptors (Lipinski definition) is 3. The predicted octanol–water partition coefficient (Wildman–Crippen LogP) is 3.02. The van der Waals surface area contributed by atoms with Crippen molar-refractivity contribution >= 4 is 17.4 Å². The summed E-state index contributed by atoms with van der Waals surface area (Å²) in [5.41, 5.74) is 13.0. The van der Waals surface area contributed by atoms with E-state index in [2.05, 4.69) is 21.8 Å². The summed E-state index contributed by atoms with van der Waals surface area (Å²) >= 11 is 6.03. The Hall–Kier alpha value is -2.55. The second-order valence-corrected chi connectivity index (χ2v) is 5.53. The van der Waals surface area contributed by atoms with Crippen LogP contribution in [0.4, 0.5) is 10.2 Å². The molecule has 116 valence electrons. The molecule has 1 heterocycles. The summed E-state index contributed by atoms with van der Waals surface area (Å²) in [6, 6.07) is 4.39. The van der Waals surface area contributed by atoms with Crippen LogP contribution >= 0.6 is 11.6 Å². The quantitative estimate of drug-likeness (QED) is 0.704. The van der Waals surface area contributed by atoms with Crippen LogP contribution in [0.2, 0.25) is 5.02 Å². The van der Waals surface area contributed by atoms with Gasteiger partial charge in [-0.25, -0.2) is 9.37 Å². The molecule has 0 saturated heterocycles. The number of aromatic amines is 1. The lowest BCUT2D eigenvalue weighted by Crippen LogP contribution is -2.17. The molecular formula is C17H14ClFN4. The van der Waals surface area contributed by atoms with E-state index in [1.165, 1.54) is 12.1 Å². The van der Waals surface area contributed by atoms with Crippen molar-refractivity contribution in [3.63, 3.8) is 0 Å². The van der Waals surface area contributed by atoms with Crippen molar-refractivity contribution in [3.8, 4) is 23.2 Å². The average molecular weight is 329 g/mol. The largest absolute Gasteiger partial charge is 0.383 e. The van der Waals surface area contributed by atoms with E-state index >= 15 is 0 Å². The Labute approximate surface area is 138 Å². The van der Waals surface area contributed by atoms with Crippen molar-refractivity contribution in [3.05, 3.63) is 58.5 Å². The number of nitrogens with one attached hydrogen (secondary N) is 1. The number of halogens is 2. The third-order valence-electron chi connectivity index (χ3n) is 3.36. The molecule has 5 N–H and O–H groups in total. The summed E-state index contributed by atoms with van der Waals surface area (Å²) in [5, 5.41) is 0.252. The van der Waals surface area contributed by atoms with Gasteiger partial charge in [0.2, 0.25) is 0 Å². The zero-order valence-corrected chi connectivity index (χ0v) is 12.9. The topological polar surface area (TPSA) is 80.7 Å². The molecular weight excluding hydrogens is 315 g/mol. The van der Waals surface area contributed by atoms with E-state index in [0.717, 1.165) is 12.0 Å². The molecule has 0 amide bonds. The summed E-state index contributed by atoms with van der Waals surface area (Å²) in [5.74, 6) is 5.87. The number of allylic oxidation sites excluding steroid dienone is 2. The minimum Gasteiger partial charge on any atom is -0.383 e. The lowest BCUT2D eigenvalue weighted by molar-refractivity contribution is 0.630. The molecule has 0 saturated carbocycles. The smallest absolute Gasteiger partial charge is 0.156 e. The van der Waals surface area contributed by atoms with Crippen LogP contribution in [0.15, 0.2) is 42.0 Å². The van der Waals surface area contributed by atoms with Crippen molar-refractivity contribution < 1.29 is 4.39 Å². The molecule has 0 bridgehead atoms. The number of rotatable bonds is 1. The van der Waals surface area contributed by atoms with Crippen molar-refractivity contribution in [2.75, 3.05) is 5.73 Å². The van der Waals surface area contributed by atoms with Crippen LogP contribution in [0.1, 0.15) is 12.1 Å². The Bertz CT molecular complexity index is 850. The van der Waals surface area contributed by atoms with Gasteiger partial charge in [-0.2, -0.15) is 0 Å². The minimum atomic E-state index is -0.477. The molecule has 0 aliphatic heterocycles. The Balaban J connectivity index is 1.96. The molecule has 0 spiro atoms. The SMILES string of the molecule is Nc1[nH]c(-c2c(F)cccc2Cl)nc1C#CC1=CC(N)CC=C1. The number of benzene rings is 1. The van der Waals surface area contributed by atoms with Crippen LogP contribution in [-0.2, 0) is 0 Å². The summed E-state index contributed by atoms with van der Waals surface area (Å²) in [6.45, 7) is 0. The first-order chi connectivity index (χ1) is 11.0. The first-order valence-electron chi connectivity index (χ1n) is 7.00. The summed E-state index contributed by atoms with van der Waals surface area (Å²) in [7, 11) is 0. The lowest BCUT2D eigenvalue weighted by Gasteiger charge is -2.07. The van der Waals surface area contributed by atoms with Crippen LogP contribution in [0.5, 0.6) is 0 Å². The van der Waals surface area contributed by atoms with Crippen LogP contribution in [0.3, 0.4) is 0 Å². The summed E-state index contributed by atoms with van der Waals surface area (Å²) in [6.07, 6.45) is 6.54. The number of aromatic nitrogens is 2. The molecule has 4 nitrogen and oxygen atoms in total. The zero-order valence-electron chi connectivity index (χ0n) is 12.1. The number of nitrogens with two attached hydrogens (primary N) is 2. The van der Waals surface area contributed by atoms with Gasteiger partial charge in [-0.15, -0.1) is 0 Å². The monoisotopic (exact) mass is 328 g/mol. The van der Waals surface area contributed by atoms with Gasteiger partial charge in [0, 0.05) is 11.6 Å². The molecule has 1 unspecified atom stereocenters. The maximum absolute atomic E-state index is 13.9. The van der Waals surface area contributed by atoms with Gasteiger partial charge in [-0.05, 0) is 24.5 Å². The summed E-state index contributed by atoms with van der Waals surface area (Å²) < 4.78 is 13.9. The second-order valence-electron chi connectivity index (χ2n) is 5.12. The number of nitrogens with zero attached hydrogens (tertiary/aromatic N) is 1. The van der Waals surface area contributed by atoms with Gasteiger partial charge >= 0.3 is 0 Å². The van der Waals surface area contributed by atoms with Crippen molar-refractivity contribution in [1.29, 1.82) is 0 Å². The predicted molar refractivity (Wildman–Crippen MR) is 90.1 cm³/mol. The molecule has 23 heavy (non-hydrogen) atoms. The maximum Gasteiger partial charge on any atom is 0.156 e. The van der Waals surface area contributed by atoms with E-state index in [1.54, 1.807) is 6.07 Å². The van der Waals surface area contributed by atoms with Gasteiger partial charge in [-0.3, -0.25) is 0 Å². The van der Waals surface area contributed by atoms with E-state index in [4.69, 9.17) is 23.1 Å². The van der Waals surface area contributed by atoms with E-state index in [1.807, 2.05) is 18.2 Å². The van der Waals surface area contributed by atoms with Crippen LogP contribution < -0.4 is 11.5 Å². The molecule has 6 heteroatoms. The van der Waals surface area contributed by atoms with Gasteiger partial charge in [0.25, 0.3) is 0 Å². The number of imidazole rings is 1. The van der Waals surface area contributed by atoms with Gasteiger partial charge in [0.05, 0.1) is 10.6 Å². The molecule has 1 aromatic carbocycles. The molecule has 1 aliphatic rings. The van der Waals surface area contributed by atoms with Crippen molar-refractivity contribution in [1.82, 2.24) is 9.97 Å². The fraction of sp³-hybridized carbons (Fsp3) is 0.118. The first-order valence-corrected chi connectivity index (χ1v) is 7.38. The van der Waals surface area contributed by atoms with E-state index < -0.39 is 5.82 Å². The highest BCUT2D eigenvalue weighted by atomic mass is 35.5. The second kappa shape index (κ2) is 6.29. The number of hydrogen-bond donors (Lipinski definition) is 3. The average Bonchev–Trinajstić information content (AvgIpc) is 2.86. The Morgan fingerprint density at radius 2 is 2.17 bits per heavy atom. The standard InChI is InChI=1S/C17H14ClFN4/c18-12-5-2-6-13(19)15(12)17-22-14(16(21)23-17)8-7-10-3-1-4-11(20)9-10/h1-3,5-6,9,11H,4,20-21H2,(H,22,23). The highest BCUT2D eigenvalue weighted by Crippen LogP contribution is 2.29. The fourth-order valence-electron chi connectivity index (χ4n) is 2.25. The number of nitrogen functional groups attached to an aromatic ring is 1. The van der Waals surface area contributed by atoms with Gasteiger partial charge in [-0.1, -0.05) is 41.8 Å². The molecule has 0 fully saturated rings. The normalized spacial score (nSPS) is 16.7. The third kappa shape index (κ3) is 3.29. The lowest BCUT2D eigenvalue weighted by atomic mass is 10.0. The highest BCUT2D eigenvalue weighted by molar-refractivity contribution is 6.33. The first kappa shape index (κ1) is 15.3. The van der Waals surface area contributed by atoms with Crippen LogP contribution in [0.25, 0.3) is 11.4 Å². The maximum atomic E-state index is 13.9. The van der Waals surface area contributed by atoms with Crippen molar-refractivity contribution in [2.45, 2.75) is 12.5 Å². The van der Waals surface area contributed by atoms with Gasteiger partial charge < -0.3 is 16.5 Å². The number of H-pyrrole nitrogens is 1. The minimum absolute atomic E-state index is 0.0337. The molecule has 3 rings (SSSR count). The van der Waals surface area contributed by atoms with Gasteiger partial charge in [0.15, 0.2) is 5.69 Å². The van der Waals surface area contributed by atoms with E-state index in [0.29, 0.717) is 5.69 Å². The highest BCUT2D eigenvalue weighted by Gasteiger charge is 2.15. The van der Waals surface area contributed by atoms with Crippen molar-refractivity contribution in [2.24, 2.45) is 5.73 Å². The molecule has 1 atom stereocenters. The Kier molecular flexibility index (Phi) is 4.20. The molecule has 2 aromatic rings. The van der Waals surface area contributed by atoms with Gasteiger partial charge in [0.1, 0.15) is 17.5 Å². The molecule has 0 radical (unpaired) electrons. The fourth-order valence-corrected chi connectivity index (χ4v) is 2.50. The molecule has 1 aromatic heterocycles. The van der Waals surface area contributed by atoms with E-state index in [-0.39, 0.29) is 28.3 Å². The third-order valence-corrected chi connectivity index (χ3v) is 3.67. The summed E-state index contributed by atoms with van der Waals surface area (Å²) in [4.78, 5) is 7.06. The zero-order chi connectivity index (χ0) is 16.4. The Morgan fingerprint density at radius 3 is 2.91 bits per heavy atom. The number of anilines is 1. The van der Waals surface area contributed by atoms with Crippen LogP contribution in [0, 0.1) is 17.7 Å². The Morgan fingerprint density at radius 1 is 1.35 bits per heavy atom. The van der Waals surface area contributed by atoms with Crippen LogP contribution in [-0.4, -0.2) is 16.0 Å². The van der Waals surface area contributed by atoms with E-state index in [9.17, 15) is 4.39 Å².